The number of nitrogens with one attached hydrogen (secondary N) is 1. The molecule has 0 saturated carbocycles. The molecule has 168 valence electrons. The topological polar surface area (TPSA) is 56.8 Å². The largest absolute Gasteiger partial charge is 0.493 e. The molecule has 0 saturated heterocycles. The van der Waals surface area contributed by atoms with Gasteiger partial charge in [-0.3, -0.25) is 4.79 Å². The van der Waals surface area contributed by atoms with Gasteiger partial charge in [-0.1, -0.05) is 62.6 Å². The van der Waals surface area contributed by atoms with Crippen LogP contribution in [-0.4, -0.2) is 25.7 Å². The van der Waals surface area contributed by atoms with Crippen LogP contribution in [0.15, 0.2) is 78.9 Å². The van der Waals surface area contributed by atoms with E-state index in [4.69, 9.17) is 14.2 Å². The molecule has 1 amide bonds. The van der Waals surface area contributed by atoms with Crippen molar-refractivity contribution < 1.29 is 19.0 Å². The maximum atomic E-state index is 12.8. The maximum Gasteiger partial charge on any atom is 0.259 e. The predicted molar refractivity (Wildman–Crippen MR) is 128 cm³/mol. The van der Waals surface area contributed by atoms with Gasteiger partial charge in [0.2, 0.25) is 0 Å². The number of carbonyl (C=O) groups excluding carboxylic acids is 1. The second-order valence-electron chi connectivity index (χ2n) is 7.40. The van der Waals surface area contributed by atoms with Crippen LogP contribution in [0.3, 0.4) is 0 Å². The second-order valence-corrected chi connectivity index (χ2v) is 7.40. The van der Waals surface area contributed by atoms with Gasteiger partial charge in [0.25, 0.3) is 5.91 Å². The number of hydrogen-bond donors (Lipinski definition) is 1. The van der Waals surface area contributed by atoms with Gasteiger partial charge in [0.15, 0.2) is 0 Å². The quantitative estimate of drug-likeness (QED) is 0.319. The van der Waals surface area contributed by atoms with Crippen LogP contribution >= 0.6 is 0 Å². The third kappa shape index (κ3) is 7.65. The minimum Gasteiger partial charge on any atom is -0.493 e. The molecule has 5 heteroatoms. The minimum atomic E-state index is -0.210. The molecule has 0 aliphatic rings. The Hall–Kier alpha value is -3.47. The van der Waals surface area contributed by atoms with Crippen LogP contribution in [0, 0.1) is 0 Å². The van der Waals surface area contributed by atoms with E-state index in [-0.39, 0.29) is 5.91 Å². The van der Waals surface area contributed by atoms with Crippen molar-refractivity contribution in [2.24, 2.45) is 0 Å². The summed E-state index contributed by atoms with van der Waals surface area (Å²) in [7, 11) is 0. The molecule has 0 aliphatic heterocycles. The summed E-state index contributed by atoms with van der Waals surface area (Å²) in [4.78, 5) is 12.8. The number of unbranched alkanes of at least 4 members (excludes halogenated alkanes) is 3. The first kappa shape index (κ1) is 23.2. The van der Waals surface area contributed by atoms with E-state index >= 15 is 0 Å². The zero-order valence-corrected chi connectivity index (χ0v) is 18.6. The van der Waals surface area contributed by atoms with Gasteiger partial charge < -0.3 is 19.5 Å². The highest BCUT2D eigenvalue weighted by Crippen LogP contribution is 2.22. The minimum absolute atomic E-state index is 0.210. The Morgan fingerprint density at radius 3 is 2.25 bits per heavy atom. The SMILES string of the molecule is CCCCCCOc1ccccc1C(=O)Nc1cccc(OCCOc2ccccc2)c1. The number of hydrogen-bond acceptors (Lipinski definition) is 4. The molecule has 3 aromatic carbocycles. The van der Waals surface area contributed by atoms with Gasteiger partial charge in [-0.25, -0.2) is 0 Å². The van der Waals surface area contributed by atoms with Gasteiger partial charge in [-0.2, -0.15) is 0 Å². The van der Waals surface area contributed by atoms with E-state index in [0.717, 1.165) is 18.6 Å². The van der Waals surface area contributed by atoms with Crippen molar-refractivity contribution in [3.8, 4) is 17.2 Å². The monoisotopic (exact) mass is 433 g/mol. The molecule has 0 aromatic heterocycles. The molecule has 0 radical (unpaired) electrons. The second kappa shape index (κ2) is 13.1. The van der Waals surface area contributed by atoms with Gasteiger partial charge in [0.1, 0.15) is 30.5 Å². The maximum absolute atomic E-state index is 12.8. The fourth-order valence-corrected chi connectivity index (χ4v) is 3.19. The Morgan fingerprint density at radius 2 is 1.44 bits per heavy atom. The van der Waals surface area contributed by atoms with Crippen molar-refractivity contribution in [3.63, 3.8) is 0 Å². The average molecular weight is 434 g/mol. The normalized spacial score (nSPS) is 10.4. The summed E-state index contributed by atoms with van der Waals surface area (Å²) in [6, 6.07) is 24.3. The standard InChI is InChI=1S/C27H31NO4/c1-2-3-4-10-18-32-26-17-9-8-16-25(26)27(29)28-22-12-11-15-24(21-22)31-20-19-30-23-13-6-5-7-14-23/h5-9,11-17,21H,2-4,10,18-20H2,1H3,(H,28,29). The number of carbonyl (C=O) groups is 1. The van der Waals surface area contributed by atoms with Gasteiger partial charge in [0.05, 0.1) is 12.2 Å². The van der Waals surface area contributed by atoms with E-state index in [0.29, 0.717) is 42.6 Å². The van der Waals surface area contributed by atoms with Gasteiger partial charge in [-0.05, 0) is 42.8 Å². The molecule has 3 aromatic rings. The zero-order chi connectivity index (χ0) is 22.4. The van der Waals surface area contributed by atoms with Crippen LogP contribution in [0.4, 0.5) is 5.69 Å². The Bertz CT molecular complexity index is 959. The Morgan fingerprint density at radius 1 is 0.719 bits per heavy atom. The molecule has 0 heterocycles. The molecule has 0 bridgehead atoms. The Labute approximate surface area is 190 Å². The molecule has 0 fully saturated rings. The van der Waals surface area contributed by atoms with Crippen LogP contribution in [0.2, 0.25) is 0 Å². The number of benzene rings is 3. The first-order valence-corrected chi connectivity index (χ1v) is 11.2. The van der Waals surface area contributed by atoms with Crippen LogP contribution in [0.1, 0.15) is 43.0 Å². The molecule has 32 heavy (non-hydrogen) atoms. The van der Waals surface area contributed by atoms with Crippen molar-refractivity contribution in [1.82, 2.24) is 0 Å². The summed E-state index contributed by atoms with van der Waals surface area (Å²) in [6.07, 6.45) is 4.50. The molecule has 0 aliphatic carbocycles. The van der Waals surface area contributed by atoms with Gasteiger partial charge >= 0.3 is 0 Å². The summed E-state index contributed by atoms with van der Waals surface area (Å²) in [5.74, 6) is 1.87. The fraction of sp³-hybridized carbons (Fsp3) is 0.296. The smallest absolute Gasteiger partial charge is 0.259 e. The van der Waals surface area contributed by atoms with Crippen molar-refractivity contribution in [3.05, 3.63) is 84.4 Å². The Balaban J connectivity index is 1.51. The zero-order valence-electron chi connectivity index (χ0n) is 18.6. The molecular formula is C27H31NO4. The molecule has 0 atom stereocenters. The lowest BCUT2D eigenvalue weighted by Crippen LogP contribution is -2.14. The van der Waals surface area contributed by atoms with E-state index < -0.39 is 0 Å². The summed E-state index contributed by atoms with van der Waals surface area (Å²) in [5.41, 5.74) is 1.18. The van der Waals surface area contributed by atoms with E-state index in [1.54, 1.807) is 12.1 Å². The van der Waals surface area contributed by atoms with Crippen LogP contribution in [0.5, 0.6) is 17.2 Å². The fourth-order valence-electron chi connectivity index (χ4n) is 3.19. The van der Waals surface area contributed by atoms with E-state index in [2.05, 4.69) is 12.2 Å². The highest BCUT2D eigenvalue weighted by molar-refractivity contribution is 6.06. The Kier molecular flexibility index (Phi) is 9.46. The summed E-state index contributed by atoms with van der Waals surface area (Å²) < 4.78 is 17.3. The predicted octanol–water partition coefficient (Wildman–Crippen LogP) is 6.36. The van der Waals surface area contributed by atoms with Crippen LogP contribution in [0.25, 0.3) is 0 Å². The molecule has 0 unspecified atom stereocenters. The van der Waals surface area contributed by atoms with Crippen molar-refractivity contribution in [2.45, 2.75) is 32.6 Å². The summed E-state index contributed by atoms with van der Waals surface area (Å²) >= 11 is 0. The number of anilines is 1. The van der Waals surface area contributed by atoms with Crippen molar-refractivity contribution >= 4 is 11.6 Å². The first-order chi connectivity index (χ1) is 15.8. The average Bonchev–Trinajstić information content (AvgIpc) is 2.83. The van der Waals surface area contributed by atoms with Crippen molar-refractivity contribution in [2.75, 3.05) is 25.1 Å². The lowest BCUT2D eigenvalue weighted by molar-refractivity contribution is 0.102. The van der Waals surface area contributed by atoms with Crippen molar-refractivity contribution in [1.29, 1.82) is 0 Å². The highest BCUT2D eigenvalue weighted by Gasteiger charge is 2.12. The molecular weight excluding hydrogens is 402 g/mol. The molecule has 5 nitrogen and oxygen atoms in total. The first-order valence-electron chi connectivity index (χ1n) is 11.2. The lowest BCUT2D eigenvalue weighted by atomic mass is 10.1. The molecule has 0 spiro atoms. The highest BCUT2D eigenvalue weighted by atomic mass is 16.5. The van der Waals surface area contributed by atoms with E-state index in [1.807, 2.05) is 66.7 Å². The number of para-hydroxylation sites is 2. The van der Waals surface area contributed by atoms with Crippen LogP contribution < -0.4 is 19.5 Å². The number of rotatable bonds is 13. The van der Waals surface area contributed by atoms with Gasteiger partial charge in [0, 0.05) is 11.8 Å². The lowest BCUT2D eigenvalue weighted by Gasteiger charge is -2.13. The molecule has 3 rings (SSSR count). The van der Waals surface area contributed by atoms with Gasteiger partial charge in [-0.15, -0.1) is 0 Å². The third-order valence-electron chi connectivity index (χ3n) is 4.84. The summed E-state index contributed by atoms with van der Waals surface area (Å²) in [6.45, 7) is 3.63. The third-order valence-corrected chi connectivity index (χ3v) is 4.84. The number of amides is 1. The van der Waals surface area contributed by atoms with E-state index in [9.17, 15) is 4.79 Å². The number of ether oxygens (including phenoxy) is 3. The molecule has 1 N–H and O–H groups in total. The summed E-state index contributed by atoms with van der Waals surface area (Å²) in [5, 5.41) is 2.94. The van der Waals surface area contributed by atoms with E-state index in [1.165, 1.54) is 12.8 Å². The van der Waals surface area contributed by atoms with Crippen LogP contribution in [-0.2, 0) is 0 Å².